The topological polar surface area (TPSA) is 96.6 Å². The Morgan fingerprint density at radius 1 is 1.32 bits per heavy atom. The Hall–Kier alpha value is -2.01. The van der Waals surface area contributed by atoms with Crippen LogP contribution in [0, 0.1) is 13.7 Å². The van der Waals surface area contributed by atoms with E-state index in [1.807, 2.05) is 24.3 Å². The monoisotopic (exact) mass is 430 g/mol. The highest BCUT2D eigenvalue weighted by Gasteiger charge is 2.08. The van der Waals surface area contributed by atoms with E-state index in [-0.39, 0.29) is 17.5 Å². The number of benzene rings is 1. The van der Waals surface area contributed by atoms with E-state index in [0.717, 1.165) is 20.6 Å². The molecule has 2 N–H and O–H groups in total. The summed E-state index contributed by atoms with van der Waals surface area (Å²) in [4.78, 5) is 22.3. The van der Waals surface area contributed by atoms with E-state index in [2.05, 4.69) is 38.4 Å². The Bertz CT molecular complexity index is 700. The first-order valence-corrected chi connectivity index (χ1v) is 7.99. The fourth-order valence-corrected chi connectivity index (χ4v) is 2.52. The Kier molecular flexibility index (Phi) is 5.83. The van der Waals surface area contributed by atoms with Gasteiger partial charge in [0, 0.05) is 15.3 Å². The summed E-state index contributed by atoms with van der Waals surface area (Å²) in [6.07, 6.45) is 1.38. The van der Waals surface area contributed by atoms with Crippen LogP contribution in [0.1, 0.15) is 4.88 Å². The van der Waals surface area contributed by atoms with E-state index in [9.17, 15) is 14.9 Å². The van der Waals surface area contributed by atoms with E-state index >= 15 is 0 Å². The second-order valence-corrected chi connectivity index (χ2v) is 6.43. The van der Waals surface area contributed by atoms with Gasteiger partial charge in [-0.1, -0.05) is 11.3 Å². The Morgan fingerprint density at radius 2 is 2.05 bits per heavy atom. The van der Waals surface area contributed by atoms with Crippen molar-refractivity contribution in [3.05, 3.63) is 55.0 Å². The molecule has 1 amide bonds. The number of nitrogens with zero attached hydrogens (tertiary/aromatic N) is 2. The van der Waals surface area contributed by atoms with Gasteiger partial charge in [0.2, 0.25) is 0 Å². The molecule has 9 heteroatoms. The maximum Gasteiger partial charge on any atom is 0.324 e. The molecule has 0 atom stereocenters. The molecule has 0 aliphatic carbocycles. The quantitative estimate of drug-likeness (QED) is 0.319. The van der Waals surface area contributed by atoms with E-state index in [0.29, 0.717) is 4.88 Å². The highest BCUT2D eigenvalue weighted by Crippen LogP contribution is 2.22. The van der Waals surface area contributed by atoms with Crippen LogP contribution in [0.15, 0.2) is 41.5 Å². The predicted octanol–water partition coefficient (Wildman–Crippen LogP) is 2.82. The van der Waals surface area contributed by atoms with Crippen molar-refractivity contribution >= 4 is 56.7 Å². The molecule has 0 spiro atoms. The number of thiophene rings is 1. The lowest BCUT2D eigenvalue weighted by Crippen LogP contribution is -2.25. The molecule has 0 fully saturated rings. The van der Waals surface area contributed by atoms with E-state index in [1.54, 1.807) is 6.07 Å². The zero-order valence-corrected chi connectivity index (χ0v) is 14.1. The lowest BCUT2D eigenvalue weighted by Gasteiger charge is -2.04. The molecule has 0 radical (unpaired) electrons. The summed E-state index contributed by atoms with van der Waals surface area (Å²) in [5.74, 6) is -0.305. The predicted molar refractivity (Wildman–Crippen MR) is 94.4 cm³/mol. The number of hydrogen-bond acceptors (Lipinski definition) is 6. The van der Waals surface area contributed by atoms with E-state index in [4.69, 9.17) is 0 Å². The zero-order valence-electron chi connectivity index (χ0n) is 11.2. The van der Waals surface area contributed by atoms with Gasteiger partial charge in [0.15, 0.2) is 0 Å². The molecule has 0 aliphatic rings. The van der Waals surface area contributed by atoms with Gasteiger partial charge in [0.25, 0.3) is 5.91 Å². The molecule has 0 saturated heterocycles. The van der Waals surface area contributed by atoms with E-state index < -0.39 is 4.92 Å². The van der Waals surface area contributed by atoms with Crippen molar-refractivity contribution in [2.24, 2.45) is 5.10 Å². The van der Waals surface area contributed by atoms with Gasteiger partial charge in [-0.2, -0.15) is 5.10 Å². The Balaban J connectivity index is 1.78. The Labute approximate surface area is 143 Å². The molecule has 1 heterocycles. The highest BCUT2D eigenvalue weighted by atomic mass is 127. The van der Waals surface area contributed by atoms with Gasteiger partial charge in [-0.05, 0) is 52.9 Å². The minimum absolute atomic E-state index is 0.0353. The molecule has 2 rings (SSSR count). The van der Waals surface area contributed by atoms with Crippen LogP contribution in [0.25, 0.3) is 0 Å². The Morgan fingerprint density at radius 3 is 2.68 bits per heavy atom. The van der Waals surface area contributed by atoms with Crippen molar-refractivity contribution in [3.63, 3.8) is 0 Å². The highest BCUT2D eigenvalue weighted by molar-refractivity contribution is 14.1. The van der Waals surface area contributed by atoms with Gasteiger partial charge < -0.3 is 5.32 Å². The van der Waals surface area contributed by atoms with Gasteiger partial charge in [0.05, 0.1) is 22.6 Å². The molecule has 0 unspecified atom stereocenters. The van der Waals surface area contributed by atoms with Crippen molar-refractivity contribution in [2.45, 2.75) is 0 Å². The summed E-state index contributed by atoms with van der Waals surface area (Å²) in [6, 6.07) is 10.6. The fraction of sp³-hybridized carbons (Fsp3) is 0.0769. The van der Waals surface area contributed by atoms with Crippen molar-refractivity contribution in [2.75, 3.05) is 11.9 Å². The molecule has 0 aliphatic heterocycles. The number of hydrazone groups is 1. The third-order valence-corrected chi connectivity index (χ3v) is 4.16. The minimum Gasteiger partial charge on any atom is -0.376 e. The number of nitro groups is 1. The van der Waals surface area contributed by atoms with Gasteiger partial charge >= 0.3 is 5.00 Å². The third-order valence-electron chi connectivity index (χ3n) is 2.47. The molecule has 7 nitrogen and oxygen atoms in total. The van der Waals surface area contributed by atoms with Crippen LogP contribution in [-0.4, -0.2) is 23.6 Å². The molecule has 114 valence electrons. The number of carbonyl (C=O) groups excluding carboxylic acids is 1. The first-order valence-electron chi connectivity index (χ1n) is 6.10. The van der Waals surface area contributed by atoms with E-state index in [1.165, 1.54) is 12.3 Å². The maximum absolute atomic E-state index is 11.6. The normalized spacial score (nSPS) is 10.6. The maximum atomic E-state index is 11.6. The third kappa shape index (κ3) is 5.07. The second kappa shape index (κ2) is 7.84. The standard InChI is InChI=1S/C13H11IN4O3S/c14-9-1-3-10(4-2-9)15-8-12(19)17-16-7-11-5-6-13(22-11)18(20)21/h1-7,15H,8H2,(H,17,19)/b16-7-. The summed E-state index contributed by atoms with van der Waals surface area (Å²) >= 11 is 3.19. The van der Waals surface area contributed by atoms with Crippen LogP contribution < -0.4 is 10.7 Å². The molecular weight excluding hydrogens is 419 g/mol. The molecule has 0 saturated carbocycles. The van der Waals surface area contributed by atoms with Gasteiger partial charge in [0.1, 0.15) is 0 Å². The van der Waals surface area contributed by atoms with Crippen molar-refractivity contribution in [1.82, 2.24) is 5.43 Å². The minimum atomic E-state index is -0.467. The average Bonchev–Trinajstić information content (AvgIpc) is 2.96. The number of rotatable bonds is 6. The first-order chi connectivity index (χ1) is 10.5. The van der Waals surface area contributed by atoms with Gasteiger partial charge in [-0.15, -0.1) is 0 Å². The molecule has 0 bridgehead atoms. The number of hydrogen-bond donors (Lipinski definition) is 2. The van der Waals surface area contributed by atoms with Crippen molar-refractivity contribution < 1.29 is 9.72 Å². The molecular formula is C13H11IN4O3S. The van der Waals surface area contributed by atoms with Crippen LogP contribution in [0.5, 0.6) is 0 Å². The SMILES string of the molecule is O=C(CNc1ccc(I)cc1)N/N=C\c1ccc([N+](=O)[O-])s1. The number of anilines is 1. The number of nitrogens with one attached hydrogen (secondary N) is 2. The van der Waals surface area contributed by atoms with Crippen LogP contribution >= 0.6 is 33.9 Å². The second-order valence-electron chi connectivity index (χ2n) is 4.09. The summed E-state index contributed by atoms with van der Waals surface area (Å²) in [7, 11) is 0. The zero-order chi connectivity index (χ0) is 15.9. The molecule has 1 aromatic heterocycles. The lowest BCUT2D eigenvalue weighted by molar-refractivity contribution is -0.380. The summed E-state index contributed by atoms with van der Waals surface area (Å²) < 4.78 is 1.11. The van der Waals surface area contributed by atoms with Gasteiger partial charge in [-0.3, -0.25) is 14.9 Å². The van der Waals surface area contributed by atoms with Crippen molar-refractivity contribution in [3.8, 4) is 0 Å². The summed E-state index contributed by atoms with van der Waals surface area (Å²) in [5, 5.41) is 17.3. The largest absolute Gasteiger partial charge is 0.376 e. The average molecular weight is 430 g/mol. The van der Waals surface area contributed by atoms with Crippen LogP contribution in [0.4, 0.5) is 10.7 Å². The molecule has 2 aromatic rings. The lowest BCUT2D eigenvalue weighted by atomic mass is 10.3. The van der Waals surface area contributed by atoms with Gasteiger partial charge in [-0.25, -0.2) is 5.43 Å². The fourth-order valence-electron chi connectivity index (χ4n) is 1.47. The number of halogens is 1. The molecule has 1 aromatic carbocycles. The van der Waals surface area contributed by atoms with Crippen molar-refractivity contribution in [1.29, 1.82) is 0 Å². The van der Waals surface area contributed by atoms with Crippen LogP contribution in [0.3, 0.4) is 0 Å². The summed E-state index contributed by atoms with van der Waals surface area (Å²) in [5.41, 5.74) is 3.20. The number of carbonyl (C=O) groups is 1. The summed E-state index contributed by atoms with van der Waals surface area (Å²) in [6.45, 7) is 0.0858. The smallest absolute Gasteiger partial charge is 0.324 e. The number of amides is 1. The van der Waals surface area contributed by atoms with Crippen LogP contribution in [0.2, 0.25) is 0 Å². The van der Waals surface area contributed by atoms with Crippen LogP contribution in [-0.2, 0) is 4.79 Å². The molecule has 22 heavy (non-hydrogen) atoms. The first kappa shape index (κ1) is 16.4.